The molecule has 148 valence electrons. The number of aliphatic hydroxyl groups excluding tert-OH is 1. The molecule has 0 unspecified atom stereocenters. The van der Waals surface area contributed by atoms with Gasteiger partial charge in [0.25, 0.3) is 0 Å². The van der Waals surface area contributed by atoms with Gasteiger partial charge >= 0.3 is 0 Å². The van der Waals surface area contributed by atoms with Crippen molar-refractivity contribution in [3.05, 3.63) is 90.6 Å². The van der Waals surface area contributed by atoms with Crippen LogP contribution in [-0.4, -0.2) is 33.7 Å². The lowest BCUT2D eigenvalue weighted by Crippen LogP contribution is -2.67. The predicted octanol–water partition coefficient (Wildman–Crippen LogP) is 4.88. The molecule has 1 N–H and O–H groups in total. The summed E-state index contributed by atoms with van der Waals surface area (Å²) in [5.74, 6) is 1.18. The molecule has 3 aromatic rings. The second-order valence-electron chi connectivity index (χ2n) is 8.88. The van der Waals surface area contributed by atoms with Gasteiger partial charge in [-0.25, -0.2) is 0 Å². The molecule has 4 heterocycles. The van der Waals surface area contributed by atoms with Crippen molar-refractivity contribution in [2.24, 2.45) is 11.8 Å². The number of fused-ring (bicyclic) bond motifs is 4. The van der Waals surface area contributed by atoms with Crippen LogP contribution in [0.1, 0.15) is 30.1 Å². The number of hydrogen-bond acceptors (Lipinski definition) is 2. The Labute approximate surface area is 172 Å². The summed E-state index contributed by atoms with van der Waals surface area (Å²) in [6, 6.07) is 21.2. The molecule has 0 saturated carbocycles. The maximum atomic E-state index is 11.7. The molecule has 3 aliphatic rings. The SMILES string of the molecule is C=C[C@H]1C[N@@+]2(Cc3ccccc3)CC[C@@H]1C[C@H]2[C@H](O)c1ccnc2ccccc12. The minimum Gasteiger partial charge on any atom is -0.382 e. The summed E-state index contributed by atoms with van der Waals surface area (Å²) in [6.45, 7) is 7.32. The molecule has 3 fully saturated rings. The normalized spacial score (nSPS) is 29.6. The van der Waals surface area contributed by atoms with Crippen molar-refractivity contribution in [3.63, 3.8) is 0 Å². The number of aromatic nitrogens is 1. The van der Waals surface area contributed by atoms with Crippen LogP contribution in [0.5, 0.6) is 0 Å². The highest BCUT2D eigenvalue weighted by atomic mass is 16.3. The van der Waals surface area contributed by atoms with Crippen molar-refractivity contribution in [2.75, 3.05) is 13.1 Å². The first-order chi connectivity index (χ1) is 14.2. The maximum absolute atomic E-state index is 11.7. The van der Waals surface area contributed by atoms with Gasteiger partial charge < -0.3 is 9.59 Å². The van der Waals surface area contributed by atoms with Gasteiger partial charge in [0.15, 0.2) is 0 Å². The van der Waals surface area contributed by atoms with Crippen molar-refractivity contribution in [1.29, 1.82) is 0 Å². The predicted molar refractivity (Wildman–Crippen MR) is 117 cm³/mol. The quantitative estimate of drug-likeness (QED) is 0.502. The topological polar surface area (TPSA) is 33.1 Å². The third-order valence-corrected chi connectivity index (χ3v) is 7.38. The first kappa shape index (κ1) is 18.5. The van der Waals surface area contributed by atoms with Crippen LogP contribution in [0.3, 0.4) is 0 Å². The van der Waals surface area contributed by atoms with Gasteiger partial charge in [-0.3, -0.25) is 4.98 Å². The van der Waals surface area contributed by atoms with Crippen molar-refractivity contribution in [2.45, 2.75) is 31.5 Å². The summed E-state index contributed by atoms with van der Waals surface area (Å²) in [7, 11) is 0. The number of rotatable bonds is 5. The van der Waals surface area contributed by atoms with Crippen molar-refractivity contribution in [1.82, 2.24) is 4.98 Å². The zero-order chi connectivity index (χ0) is 19.8. The first-order valence-electron chi connectivity index (χ1n) is 10.7. The van der Waals surface area contributed by atoms with Gasteiger partial charge in [0.2, 0.25) is 0 Å². The maximum Gasteiger partial charge on any atom is 0.131 e. The minimum absolute atomic E-state index is 0.205. The summed E-state index contributed by atoms with van der Waals surface area (Å²) in [4.78, 5) is 4.50. The molecule has 6 rings (SSSR count). The second-order valence-corrected chi connectivity index (χ2v) is 8.88. The Balaban J connectivity index is 1.56. The lowest BCUT2D eigenvalue weighted by Gasteiger charge is -2.58. The smallest absolute Gasteiger partial charge is 0.131 e. The van der Waals surface area contributed by atoms with Crippen molar-refractivity contribution in [3.8, 4) is 0 Å². The van der Waals surface area contributed by atoms with E-state index in [1.807, 2.05) is 30.5 Å². The summed E-state index contributed by atoms with van der Waals surface area (Å²) in [5.41, 5.74) is 3.33. The van der Waals surface area contributed by atoms with Gasteiger partial charge in [-0.1, -0.05) is 54.6 Å². The molecule has 0 aliphatic carbocycles. The lowest BCUT2D eigenvalue weighted by molar-refractivity contribution is -0.984. The Morgan fingerprint density at radius 1 is 1.10 bits per heavy atom. The van der Waals surface area contributed by atoms with E-state index in [1.54, 1.807) is 0 Å². The highest BCUT2D eigenvalue weighted by Crippen LogP contribution is 2.47. The van der Waals surface area contributed by atoms with Crippen LogP contribution in [0.25, 0.3) is 10.9 Å². The van der Waals surface area contributed by atoms with E-state index in [-0.39, 0.29) is 6.04 Å². The molecule has 0 amide bonds. The van der Waals surface area contributed by atoms with Gasteiger partial charge in [0.1, 0.15) is 18.7 Å². The monoisotopic (exact) mass is 385 g/mol. The van der Waals surface area contributed by atoms with E-state index in [0.717, 1.165) is 47.0 Å². The summed E-state index contributed by atoms with van der Waals surface area (Å²) < 4.78 is 0.953. The zero-order valence-electron chi connectivity index (χ0n) is 16.8. The number of benzene rings is 2. The number of nitrogens with zero attached hydrogens (tertiary/aromatic N) is 2. The number of pyridine rings is 1. The van der Waals surface area contributed by atoms with Crippen LogP contribution in [0.4, 0.5) is 0 Å². The zero-order valence-corrected chi connectivity index (χ0v) is 16.8. The molecule has 5 atom stereocenters. The van der Waals surface area contributed by atoms with Gasteiger partial charge in [0.05, 0.1) is 18.6 Å². The molecular formula is C26H29N2O+. The van der Waals surface area contributed by atoms with Crippen molar-refractivity contribution >= 4 is 10.9 Å². The number of para-hydroxylation sites is 1. The van der Waals surface area contributed by atoms with Crippen LogP contribution >= 0.6 is 0 Å². The van der Waals surface area contributed by atoms with E-state index >= 15 is 0 Å². The molecular weight excluding hydrogens is 356 g/mol. The molecule has 3 heteroatoms. The molecule has 29 heavy (non-hydrogen) atoms. The Morgan fingerprint density at radius 3 is 2.72 bits per heavy atom. The van der Waals surface area contributed by atoms with Gasteiger partial charge in [-0.15, -0.1) is 6.58 Å². The lowest BCUT2D eigenvalue weighted by atomic mass is 9.71. The fraction of sp³-hybridized carbons (Fsp3) is 0.346. The Bertz CT molecular complexity index is 1010. The fourth-order valence-corrected chi connectivity index (χ4v) is 5.91. The Morgan fingerprint density at radius 2 is 1.90 bits per heavy atom. The molecule has 0 spiro atoms. The van der Waals surface area contributed by atoms with E-state index in [4.69, 9.17) is 0 Å². The standard InChI is InChI=1S/C26H29N2O/c1-2-20-18-28(17-19-8-4-3-5-9-19)15-13-21(20)16-25(28)26(29)23-12-14-27-24-11-7-6-10-22(23)24/h2-12,14,20-21,25-26,29H,1,13,15-18H2/q+1/t20-,21+,25-,26+,28-/m0/s1. The van der Waals surface area contributed by atoms with E-state index in [9.17, 15) is 5.11 Å². The molecule has 3 saturated heterocycles. The van der Waals surface area contributed by atoms with Crippen LogP contribution in [0, 0.1) is 11.8 Å². The average Bonchev–Trinajstić information content (AvgIpc) is 2.78. The van der Waals surface area contributed by atoms with Gasteiger partial charge in [0, 0.05) is 35.9 Å². The van der Waals surface area contributed by atoms with Crippen LogP contribution in [-0.2, 0) is 6.54 Å². The molecule has 2 bridgehead atoms. The Kier molecular flexibility index (Phi) is 4.73. The van der Waals surface area contributed by atoms with Crippen molar-refractivity contribution < 1.29 is 9.59 Å². The summed E-state index contributed by atoms with van der Waals surface area (Å²) in [5, 5.41) is 12.8. The molecule has 3 aliphatic heterocycles. The van der Waals surface area contributed by atoms with Gasteiger partial charge in [-0.2, -0.15) is 0 Å². The van der Waals surface area contributed by atoms with Crippen LogP contribution in [0.2, 0.25) is 0 Å². The summed E-state index contributed by atoms with van der Waals surface area (Å²) >= 11 is 0. The fourth-order valence-electron chi connectivity index (χ4n) is 5.91. The molecule has 2 aromatic carbocycles. The number of piperidine rings is 3. The number of aliphatic hydroxyl groups is 1. The highest BCUT2D eigenvalue weighted by molar-refractivity contribution is 5.82. The molecule has 0 radical (unpaired) electrons. The van der Waals surface area contributed by atoms with E-state index in [2.05, 4.69) is 54.0 Å². The number of quaternary nitrogens is 1. The van der Waals surface area contributed by atoms with E-state index < -0.39 is 6.10 Å². The summed E-state index contributed by atoms with van der Waals surface area (Å²) in [6.07, 6.45) is 5.79. The van der Waals surface area contributed by atoms with E-state index in [0.29, 0.717) is 11.8 Å². The minimum atomic E-state index is -0.486. The second kappa shape index (κ2) is 7.40. The van der Waals surface area contributed by atoms with Crippen LogP contribution < -0.4 is 0 Å². The highest BCUT2D eigenvalue weighted by Gasteiger charge is 2.53. The third kappa shape index (κ3) is 3.19. The van der Waals surface area contributed by atoms with E-state index in [1.165, 1.54) is 12.0 Å². The molecule has 3 nitrogen and oxygen atoms in total. The van der Waals surface area contributed by atoms with Crippen LogP contribution in [0.15, 0.2) is 79.5 Å². The number of hydrogen-bond donors (Lipinski definition) is 1. The first-order valence-corrected chi connectivity index (χ1v) is 10.7. The Hall–Kier alpha value is -2.49. The third-order valence-electron chi connectivity index (χ3n) is 7.38. The largest absolute Gasteiger partial charge is 0.382 e. The average molecular weight is 386 g/mol. The van der Waals surface area contributed by atoms with Gasteiger partial charge in [-0.05, 0) is 23.6 Å². The molecule has 1 aromatic heterocycles.